The molecular weight excluding hydrogens is 450 g/mol. The molecule has 3 amide bonds. The second kappa shape index (κ2) is 16.7. The summed E-state index contributed by atoms with van der Waals surface area (Å²) >= 11 is 1.53. The average Bonchev–Trinajstić information content (AvgIpc) is 2.83. The molecule has 0 fully saturated rings. The predicted octanol–water partition coefficient (Wildman–Crippen LogP) is 2.22. The average molecular weight is 484 g/mol. The zero-order valence-corrected chi connectivity index (χ0v) is 20.1. The largest absolute Gasteiger partial charge is 0.467 e. The first-order valence-electron chi connectivity index (χ1n) is 10.6. The summed E-state index contributed by atoms with van der Waals surface area (Å²) in [5, 5.41) is 7.72. The van der Waals surface area contributed by atoms with Gasteiger partial charge < -0.3 is 30.2 Å². The van der Waals surface area contributed by atoms with Crippen LogP contribution in [0.15, 0.2) is 30.3 Å². The highest BCUT2D eigenvalue weighted by atomic mass is 32.2. The minimum Gasteiger partial charge on any atom is -0.467 e. The molecule has 0 aliphatic heterocycles. The molecule has 0 aliphatic carbocycles. The fourth-order valence-electron chi connectivity index (χ4n) is 2.81. The fourth-order valence-corrected chi connectivity index (χ4v) is 3.29. The Bertz CT molecular complexity index is 749. The van der Waals surface area contributed by atoms with Crippen molar-refractivity contribution in [2.45, 2.75) is 44.4 Å². The molecule has 1 rings (SSSR count). The molecule has 184 valence electrons. The van der Waals surface area contributed by atoms with Gasteiger partial charge in [-0.05, 0) is 43.3 Å². The fraction of sp³-hybridized carbons (Fsp3) is 0.545. The number of amides is 3. The molecule has 0 bridgehead atoms. The highest BCUT2D eigenvalue weighted by Crippen LogP contribution is 2.06. The van der Waals surface area contributed by atoms with Gasteiger partial charge in [-0.1, -0.05) is 30.3 Å². The summed E-state index contributed by atoms with van der Waals surface area (Å²) in [6, 6.07) is 6.96. The number of alkyl carbamates (subject to hydrolysis) is 1. The minimum atomic E-state index is -0.890. The number of nitrogens with one attached hydrogen (secondary N) is 3. The van der Waals surface area contributed by atoms with Crippen molar-refractivity contribution in [1.29, 1.82) is 0 Å². The Balaban J connectivity index is 2.38. The number of hydrogen-bond donors (Lipinski definition) is 3. The van der Waals surface area contributed by atoms with E-state index in [0.29, 0.717) is 38.0 Å². The number of urea groups is 1. The zero-order valence-electron chi connectivity index (χ0n) is 19.3. The van der Waals surface area contributed by atoms with E-state index in [0.717, 1.165) is 5.56 Å². The summed E-state index contributed by atoms with van der Waals surface area (Å²) in [5.41, 5.74) is 0.890. The van der Waals surface area contributed by atoms with Crippen LogP contribution in [0.5, 0.6) is 0 Å². The molecule has 0 aliphatic rings. The first-order chi connectivity index (χ1) is 15.9. The second-order valence-electron chi connectivity index (χ2n) is 7.04. The maximum absolute atomic E-state index is 12.3. The van der Waals surface area contributed by atoms with Crippen LogP contribution in [0.2, 0.25) is 0 Å². The standard InChI is InChI=1S/C22H33N3O7S/c1-30-19(26)17(24-21(28)25-18(12-14-33-3)20(27)31-2)11-7-8-13-23-22(29)32-15-16-9-5-4-6-10-16/h4-6,9-10,17-18H,7-8,11-15H2,1-3H3,(H,23,29)(H2,24,25,28)/t17-,18-/m0/s1. The maximum atomic E-state index is 12.3. The number of hydrogen-bond acceptors (Lipinski definition) is 8. The van der Waals surface area contributed by atoms with E-state index < -0.39 is 36.1 Å². The number of carbonyl (C=O) groups is 4. The van der Waals surface area contributed by atoms with E-state index in [-0.39, 0.29) is 6.61 Å². The Morgan fingerprint density at radius 2 is 1.52 bits per heavy atom. The van der Waals surface area contributed by atoms with Crippen molar-refractivity contribution in [3.8, 4) is 0 Å². The molecule has 0 spiro atoms. The van der Waals surface area contributed by atoms with Gasteiger partial charge in [0.25, 0.3) is 0 Å². The lowest BCUT2D eigenvalue weighted by molar-refractivity contribution is -0.143. The van der Waals surface area contributed by atoms with Crippen molar-refractivity contribution >= 4 is 35.8 Å². The van der Waals surface area contributed by atoms with Crippen LogP contribution in [0, 0.1) is 0 Å². The third kappa shape index (κ3) is 12.0. The summed E-state index contributed by atoms with van der Waals surface area (Å²) in [6.07, 6.45) is 3.16. The summed E-state index contributed by atoms with van der Waals surface area (Å²) in [6.45, 7) is 0.534. The number of esters is 2. The van der Waals surface area contributed by atoms with E-state index in [2.05, 4.69) is 16.0 Å². The Morgan fingerprint density at radius 3 is 2.09 bits per heavy atom. The molecular formula is C22H33N3O7S. The number of benzene rings is 1. The van der Waals surface area contributed by atoms with Crippen LogP contribution in [0.3, 0.4) is 0 Å². The Kier molecular flexibility index (Phi) is 14.2. The first-order valence-corrected chi connectivity index (χ1v) is 12.0. The summed E-state index contributed by atoms with van der Waals surface area (Å²) in [5.74, 6) is -0.500. The van der Waals surface area contributed by atoms with E-state index in [1.54, 1.807) is 0 Å². The number of carbonyl (C=O) groups excluding carboxylic acids is 4. The van der Waals surface area contributed by atoms with Gasteiger partial charge in [0.2, 0.25) is 0 Å². The van der Waals surface area contributed by atoms with Crippen molar-refractivity contribution in [3.05, 3.63) is 35.9 Å². The summed E-state index contributed by atoms with van der Waals surface area (Å²) in [7, 11) is 2.48. The molecule has 11 heteroatoms. The monoisotopic (exact) mass is 483 g/mol. The molecule has 0 heterocycles. The van der Waals surface area contributed by atoms with Crippen LogP contribution in [0.25, 0.3) is 0 Å². The van der Waals surface area contributed by atoms with Gasteiger partial charge >= 0.3 is 24.1 Å². The number of methoxy groups -OCH3 is 2. The lowest BCUT2D eigenvalue weighted by Crippen LogP contribution is -2.51. The number of thioether (sulfide) groups is 1. The van der Waals surface area contributed by atoms with Crippen molar-refractivity contribution in [3.63, 3.8) is 0 Å². The second-order valence-corrected chi connectivity index (χ2v) is 8.02. The van der Waals surface area contributed by atoms with Crippen molar-refractivity contribution in [2.24, 2.45) is 0 Å². The SMILES string of the molecule is COC(=O)[C@H](CCCCNC(=O)OCc1ccccc1)NC(=O)N[C@@H](CCSC)C(=O)OC. The molecule has 3 N–H and O–H groups in total. The number of unbranched alkanes of at least 4 members (excludes halogenated alkanes) is 1. The quantitative estimate of drug-likeness (QED) is 0.208. The van der Waals surface area contributed by atoms with Crippen LogP contribution in [-0.4, -0.2) is 68.9 Å². The van der Waals surface area contributed by atoms with Crippen LogP contribution in [0.4, 0.5) is 9.59 Å². The Morgan fingerprint density at radius 1 is 0.909 bits per heavy atom. The highest BCUT2D eigenvalue weighted by molar-refractivity contribution is 7.98. The number of ether oxygens (including phenoxy) is 3. The molecule has 0 radical (unpaired) electrons. The van der Waals surface area contributed by atoms with E-state index >= 15 is 0 Å². The topological polar surface area (TPSA) is 132 Å². The smallest absolute Gasteiger partial charge is 0.407 e. The van der Waals surface area contributed by atoms with Crippen molar-refractivity contribution in [2.75, 3.05) is 32.8 Å². The normalized spacial score (nSPS) is 12.1. The number of rotatable bonds is 14. The van der Waals surface area contributed by atoms with Gasteiger partial charge in [-0.25, -0.2) is 19.2 Å². The van der Waals surface area contributed by atoms with E-state index in [9.17, 15) is 19.2 Å². The first kappa shape index (κ1) is 28.1. The maximum Gasteiger partial charge on any atom is 0.407 e. The third-order valence-electron chi connectivity index (χ3n) is 4.59. The summed E-state index contributed by atoms with van der Waals surface area (Å²) < 4.78 is 14.6. The molecule has 2 atom stereocenters. The molecule has 0 saturated heterocycles. The van der Waals surface area contributed by atoms with Crippen molar-refractivity contribution in [1.82, 2.24) is 16.0 Å². The van der Waals surface area contributed by atoms with E-state index in [1.165, 1.54) is 26.0 Å². The van der Waals surface area contributed by atoms with Gasteiger partial charge in [0.05, 0.1) is 14.2 Å². The van der Waals surface area contributed by atoms with Crippen molar-refractivity contribution < 1.29 is 33.4 Å². The van der Waals surface area contributed by atoms with E-state index in [1.807, 2.05) is 36.6 Å². The molecule has 33 heavy (non-hydrogen) atoms. The molecule has 0 unspecified atom stereocenters. The minimum absolute atomic E-state index is 0.180. The zero-order chi connectivity index (χ0) is 24.5. The summed E-state index contributed by atoms with van der Waals surface area (Å²) in [4.78, 5) is 48.0. The lowest BCUT2D eigenvalue weighted by Gasteiger charge is -2.20. The van der Waals surface area contributed by atoms with Gasteiger partial charge in [0.1, 0.15) is 18.7 Å². The third-order valence-corrected chi connectivity index (χ3v) is 5.24. The van der Waals surface area contributed by atoms with Crippen LogP contribution in [0.1, 0.15) is 31.2 Å². The van der Waals surface area contributed by atoms with Crippen LogP contribution < -0.4 is 16.0 Å². The molecule has 10 nitrogen and oxygen atoms in total. The lowest BCUT2D eigenvalue weighted by atomic mass is 10.1. The van der Waals surface area contributed by atoms with Crippen LogP contribution in [-0.2, 0) is 30.4 Å². The van der Waals surface area contributed by atoms with Crippen LogP contribution >= 0.6 is 11.8 Å². The highest BCUT2D eigenvalue weighted by Gasteiger charge is 2.25. The molecule has 1 aromatic rings. The van der Waals surface area contributed by atoms with Gasteiger partial charge in [-0.15, -0.1) is 0 Å². The molecule has 1 aromatic carbocycles. The predicted molar refractivity (Wildman–Crippen MR) is 125 cm³/mol. The Hall–Kier alpha value is -2.95. The van der Waals surface area contributed by atoms with E-state index in [4.69, 9.17) is 14.2 Å². The molecule has 0 aromatic heterocycles. The molecule has 0 saturated carbocycles. The van der Waals surface area contributed by atoms with Gasteiger partial charge in [-0.3, -0.25) is 0 Å². The van der Waals surface area contributed by atoms with Gasteiger partial charge in [-0.2, -0.15) is 11.8 Å². The van der Waals surface area contributed by atoms with Gasteiger partial charge in [0, 0.05) is 6.54 Å². The Labute approximate surface area is 198 Å². The van der Waals surface area contributed by atoms with Gasteiger partial charge in [0.15, 0.2) is 0 Å².